The van der Waals surface area contributed by atoms with Gasteiger partial charge in [0.05, 0.1) is 5.02 Å². The molecule has 0 spiro atoms. The van der Waals surface area contributed by atoms with Crippen molar-refractivity contribution in [3.63, 3.8) is 0 Å². The van der Waals surface area contributed by atoms with Crippen molar-refractivity contribution in [3.8, 4) is 11.5 Å². The normalized spacial score (nSPS) is 10.7. The van der Waals surface area contributed by atoms with E-state index < -0.39 is 5.82 Å². The van der Waals surface area contributed by atoms with Crippen LogP contribution in [0.2, 0.25) is 5.02 Å². The van der Waals surface area contributed by atoms with E-state index in [1.54, 1.807) is 0 Å². The Kier molecular flexibility index (Phi) is 5.09. The maximum absolute atomic E-state index is 13.1. The Morgan fingerprint density at radius 3 is 2.68 bits per heavy atom. The Hall–Kier alpha value is -2.73. The summed E-state index contributed by atoms with van der Waals surface area (Å²) >= 11 is 5.68. The molecule has 1 amide bonds. The molecule has 0 radical (unpaired) electrons. The largest absolute Gasteiger partial charge is 0.421 e. The summed E-state index contributed by atoms with van der Waals surface area (Å²) in [7, 11) is 0. The van der Waals surface area contributed by atoms with E-state index in [1.165, 1.54) is 18.2 Å². The minimum atomic E-state index is -0.533. The smallest absolute Gasteiger partial charge is 0.247 e. The second-order valence-electron chi connectivity index (χ2n) is 5.54. The molecule has 0 atom stereocenters. The minimum absolute atomic E-state index is 0.0440. The van der Waals surface area contributed by atoms with Crippen molar-refractivity contribution in [1.29, 1.82) is 0 Å². The molecule has 0 aliphatic heterocycles. The zero-order valence-electron chi connectivity index (χ0n) is 13.4. The van der Waals surface area contributed by atoms with E-state index in [0.717, 1.165) is 11.1 Å². The molecule has 0 unspecified atom stereocenters. The van der Waals surface area contributed by atoms with E-state index >= 15 is 0 Å². The summed E-state index contributed by atoms with van der Waals surface area (Å²) in [5.74, 6) is 0.00973. The summed E-state index contributed by atoms with van der Waals surface area (Å²) in [4.78, 5) is 12.0. The summed E-state index contributed by atoms with van der Waals surface area (Å²) in [5, 5.41) is 10.5. The lowest BCUT2D eigenvalue weighted by Crippen LogP contribution is -2.12. The fourth-order valence-electron chi connectivity index (χ4n) is 2.19. The highest BCUT2D eigenvalue weighted by Crippen LogP contribution is 2.20. The third kappa shape index (κ3) is 4.42. The van der Waals surface area contributed by atoms with Crippen LogP contribution in [0.3, 0.4) is 0 Å². The van der Waals surface area contributed by atoms with Crippen molar-refractivity contribution < 1.29 is 13.6 Å². The number of aromatic nitrogens is 2. The van der Waals surface area contributed by atoms with Crippen LogP contribution < -0.4 is 5.32 Å². The number of anilines is 1. The van der Waals surface area contributed by atoms with Gasteiger partial charge in [0.1, 0.15) is 5.82 Å². The third-order valence-corrected chi connectivity index (χ3v) is 3.82. The molecule has 5 nitrogen and oxygen atoms in total. The number of amides is 1. The van der Waals surface area contributed by atoms with Crippen LogP contribution >= 0.6 is 11.6 Å². The van der Waals surface area contributed by atoms with Crippen molar-refractivity contribution in [2.75, 3.05) is 5.32 Å². The van der Waals surface area contributed by atoms with Gasteiger partial charge in [-0.15, -0.1) is 10.2 Å². The number of carbonyl (C=O) groups excluding carboxylic acids is 1. The second kappa shape index (κ2) is 7.44. The maximum Gasteiger partial charge on any atom is 0.247 e. The Labute approximate surface area is 148 Å². The molecule has 0 saturated carbocycles. The van der Waals surface area contributed by atoms with E-state index in [0.29, 0.717) is 23.9 Å². The van der Waals surface area contributed by atoms with Crippen LogP contribution in [0, 0.1) is 12.7 Å². The first-order chi connectivity index (χ1) is 12.0. The molecule has 7 heteroatoms. The fourth-order valence-corrected chi connectivity index (χ4v) is 2.37. The second-order valence-corrected chi connectivity index (χ2v) is 5.95. The molecule has 1 N–H and O–H groups in total. The molecule has 3 rings (SSSR count). The van der Waals surface area contributed by atoms with Crippen LogP contribution in [0.25, 0.3) is 11.5 Å². The Morgan fingerprint density at radius 2 is 1.96 bits per heavy atom. The molecular weight excluding hydrogens is 345 g/mol. The zero-order valence-corrected chi connectivity index (χ0v) is 14.2. The van der Waals surface area contributed by atoms with Gasteiger partial charge in [-0.3, -0.25) is 4.79 Å². The molecule has 128 valence electrons. The van der Waals surface area contributed by atoms with E-state index in [9.17, 15) is 9.18 Å². The highest BCUT2D eigenvalue weighted by Gasteiger charge is 2.11. The van der Waals surface area contributed by atoms with Crippen molar-refractivity contribution in [1.82, 2.24) is 10.2 Å². The van der Waals surface area contributed by atoms with E-state index in [4.69, 9.17) is 16.0 Å². The number of aryl methyl sites for hydroxylation is 2. The lowest BCUT2D eigenvalue weighted by molar-refractivity contribution is -0.116. The maximum atomic E-state index is 13.1. The first kappa shape index (κ1) is 17.1. The molecule has 0 aliphatic rings. The van der Waals surface area contributed by atoms with Crippen molar-refractivity contribution in [3.05, 3.63) is 64.8 Å². The lowest BCUT2D eigenvalue weighted by Gasteiger charge is -2.05. The molecular formula is C18H15ClFN3O2. The highest BCUT2D eigenvalue weighted by atomic mass is 35.5. The van der Waals surface area contributed by atoms with E-state index in [1.807, 2.05) is 31.2 Å². The molecule has 3 aromatic rings. The zero-order chi connectivity index (χ0) is 17.8. The van der Waals surface area contributed by atoms with Crippen LogP contribution in [0.15, 0.2) is 46.9 Å². The monoisotopic (exact) mass is 359 g/mol. The molecule has 0 fully saturated rings. The van der Waals surface area contributed by atoms with Gasteiger partial charge < -0.3 is 9.73 Å². The number of nitrogens with one attached hydrogen (secondary N) is 1. The molecule has 0 aliphatic carbocycles. The van der Waals surface area contributed by atoms with Gasteiger partial charge in [-0.1, -0.05) is 29.3 Å². The Balaban J connectivity index is 1.57. The van der Waals surface area contributed by atoms with Crippen LogP contribution in [-0.2, 0) is 11.2 Å². The fraction of sp³-hybridized carbons (Fsp3) is 0.167. The topological polar surface area (TPSA) is 68.0 Å². The molecule has 25 heavy (non-hydrogen) atoms. The number of halogens is 2. The summed E-state index contributed by atoms with van der Waals surface area (Å²) in [6.45, 7) is 2.00. The number of hydrogen-bond donors (Lipinski definition) is 1. The number of rotatable bonds is 5. The average Bonchev–Trinajstić information content (AvgIpc) is 3.06. The van der Waals surface area contributed by atoms with Gasteiger partial charge in [0, 0.05) is 24.1 Å². The number of carbonyl (C=O) groups is 1. The van der Waals surface area contributed by atoms with Crippen LogP contribution in [0.1, 0.15) is 17.9 Å². The highest BCUT2D eigenvalue weighted by molar-refractivity contribution is 6.31. The third-order valence-electron chi connectivity index (χ3n) is 3.53. The number of hydrogen-bond acceptors (Lipinski definition) is 4. The van der Waals surface area contributed by atoms with Crippen molar-refractivity contribution in [2.24, 2.45) is 0 Å². The van der Waals surface area contributed by atoms with Gasteiger partial charge in [-0.05, 0) is 37.3 Å². The SMILES string of the molecule is Cc1ccc(-c2nnc(CCC(=O)Nc3ccc(F)c(Cl)c3)o2)cc1. The van der Waals surface area contributed by atoms with Crippen LogP contribution in [0.5, 0.6) is 0 Å². The predicted octanol–water partition coefficient (Wildman–Crippen LogP) is 4.41. The number of benzene rings is 2. The predicted molar refractivity (Wildman–Crippen MR) is 92.8 cm³/mol. The summed E-state index contributed by atoms with van der Waals surface area (Å²) in [5.41, 5.74) is 2.40. The molecule has 0 bridgehead atoms. The first-order valence-corrected chi connectivity index (χ1v) is 8.03. The van der Waals surface area contributed by atoms with Crippen molar-refractivity contribution >= 4 is 23.2 Å². The summed E-state index contributed by atoms with van der Waals surface area (Å²) in [6.07, 6.45) is 0.462. The molecule has 0 saturated heterocycles. The van der Waals surface area contributed by atoms with Gasteiger partial charge in [0.15, 0.2) is 0 Å². The van der Waals surface area contributed by atoms with Gasteiger partial charge in [-0.2, -0.15) is 0 Å². The van der Waals surface area contributed by atoms with Gasteiger partial charge in [0.25, 0.3) is 0 Å². The standard InChI is InChI=1S/C18H15ClFN3O2/c1-11-2-4-12(5-3-11)18-23-22-17(25-18)9-8-16(24)21-13-6-7-15(20)14(19)10-13/h2-7,10H,8-9H2,1H3,(H,21,24). The van der Waals surface area contributed by atoms with E-state index in [2.05, 4.69) is 15.5 Å². The quantitative estimate of drug-likeness (QED) is 0.732. The lowest BCUT2D eigenvalue weighted by atomic mass is 10.1. The van der Waals surface area contributed by atoms with Gasteiger partial charge in [0.2, 0.25) is 17.7 Å². The van der Waals surface area contributed by atoms with Gasteiger partial charge in [-0.25, -0.2) is 4.39 Å². The average molecular weight is 360 g/mol. The molecule has 1 heterocycles. The van der Waals surface area contributed by atoms with E-state index in [-0.39, 0.29) is 17.4 Å². The van der Waals surface area contributed by atoms with Crippen LogP contribution in [-0.4, -0.2) is 16.1 Å². The first-order valence-electron chi connectivity index (χ1n) is 7.65. The summed E-state index contributed by atoms with van der Waals surface area (Å²) in [6, 6.07) is 11.7. The van der Waals surface area contributed by atoms with Gasteiger partial charge >= 0.3 is 0 Å². The molecule has 1 aromatic heterocycles. The number of nitrogens with zero attached hydrogens (tertiary/aromatic N) is 2. The van der Waals surface area contributed by atoms with Crippen molar-refractivity contribution in [2.45, 2.75) is 19.8 Å². The van der Waals surface area contributed by atoms with Crippen LogP contribution in [0.4, 0.5) is 10.1 Å². The minimum Gasteiger partial charge on any atom is -0.421 e. The Morgan fingerprint density at radius 1 is 1.20 bits per heavy atom. The Bertz CT molecular complexity index is 894. The summed E-state index contributed by atoms with van der Waals surface area (Å²) < 4.78 is 18.7. The molecule has 2 aromatic carbocycles.